The van der Waals surface area contributed by atoms with Crippen LogP contribution >= 0.6 is 11.8 Å². The van der Waals surface area contributed by atoms with E-state index in [1.165, 1.54) is 35.3 Å². The average molecular weight is 275 g/mol. The van der Waals surface area contributed by atoms with Gasteiger partial charge in [-0.25, -0.2) is 0 Å². The molecule has 2 heterocycles. The number of rotatable bonds is 3. The molecule has 2 nitrogen and oxygen atoms in total. The van der Waals surface area contributed by atoms with Crippen molar-refractivity contribution in [2.75, 3.05) is 11.5 Å². The van der Waals surface area contributed by atoms with Crippen LogP contribution in [0, 0.1) is 12.8 Å². The normalized spacial score (nSPS) is 18.8. The molecular formula is C16H21NOS. The molecule has 0 amide bonds. The van der Waals surface area contributed by atoms with Crippen LogP contribution in [-0.4, -0.2) is 11.5 Å². The highest BCUT2D eigenvalue weighted by molar-refractivity contribution is 7.99. The molecule has 1 aliphatic rings. The fraction of sp³-hybridized carbons (Fsp3) is 0.500. The second-order valence-electron chi connectivity index (χ2n) is 5.54. The molecule has 0 spiro atoms. The van der Waals surface area contributed by atoms with Crippen LogP contribution in [0.3, 0.4) is 0 Å². The van der Waals surface area contributed by atoms with Crippen LogP contribution < -0.4 is 5.73 Å². The standard InChI is InChI=1S/C16H21NOS/c1-11-3-2-4-13-10-15(18-16(11)13)14(17)9-12-5-7-19-8-6-12/h2-4,10,12,14H,5-9,17H2,1H3. The molecule has 1 saturated heterocycles. The molecule has 19 heavy (non-hydrogen) atoms. The third kappa shape index (κ3) is 2.82. The van der Waals surface area contributed by atoms with Gasteiger partial charge in [0, 0.05) is 5.39 Å². The summed E-state index contributed by atoms with van der Waals surface area (Å²) in [6.45, 7) is 2.08. The van der Waals surface area contributed by atoms with E-state index in [-0.39, 0.29) is 6.04 Å². The van der Waals surface area contributed by atoms with Gasteiger partial charge in [-0.05, 0) is 55.2 Å². The van der Waals surface area contributed by atoms with Crippen LogP contribution in [0.1, 0.15) is 36.6 Å². The van der Waals surface area contributed by atoms with Crippen LogP contribution in [0.15, 0.2) is 28.7 Å². The third-order valence-electron chi connectivity index (χ3n) is 4.05. The predicted molar refractivity (Wildman–Crippen MR) is 82.5 cm³/mol. The zero-order valence-corrected chi connectivity index (χ0v) is 12.2. The van der Waals surface area contributed by atoms with E-state index in [1.807, 2.05) is 0 Å². The van der Waals surface area contributed by atoms with Gasteiger partial charge < -0.3 is 10.2 Å². The summed E-state index contributed by atoms with van der Waals surface area (Å²) >= 11 is 2.06. The quantitative estimate of drug-likeness (QED) is 0.909. The summed E-state index contributed by atoms with van der Waals surface area (Å²) in [6.07, 6.45) is 3.66. The van der Waals surface area contributed by atoms with Crippen molar-refractivity contribution in [2.45, 2.75) is 32.2 Å². The SMILES string of the molecule is Cc1cccc2cc(C(N)CC3CCSCC3)oc12. The number of hydrogen-bond donors (Lipinski definition) is 1. The Morgan fingerprint density at radius 1 is 1.37 bits per heavy atom. The van der Waals surface area contributed by atoms with E-state index in [4.69, 9.17) is 10.2 Å². The minimum absolute atomic E-state index is 0.0416. The molecule has 0 bridgehead atoms. The zero-order chi connectivity index (χ0) is 13.2. The van der Waals surface area contributed by atoms with Gasteiger partial charge in [0.15, 0.2) is 0 Å². The summed E-state index contributed by atoms with van der Waals surface area (Å²) in [7, 11) is 0. The minimum atomic E-state index is 0.0416. The Bertz CT molecular complexity index is 557. The van der Waals surface area contributed by atoms with Gasteiger partial charge in [-0.15, -0.1) is 0 Å². The molecule has 1 aliphatic heterocycles. The monoisotopic (exact) mass is 275 g/mol. The number of fused-ring (bicyclic) bond motifs is 1. The first-order valence-corrected chi connectivity index (χ1v) is 8.22. The zero-order valence-electron chi connectivity index (χ0n) is 11.4. The summed E-state index contributed by atoms with van der Waals surface area (Å²) in [6, 6.07) is 8.41. The molecule has 102 valence electrons. The Morgan fingerprint density at radius 2 is 2.16 bits per heavy atom. The van der Waals surface area contributed by atoms with E-state index < -0.39 is 0 Å². The first kappa shape index (κ1) is 13.1. The van der Waals surface area contributed by atoms with Crippen LogP contribution in [0.25, 0.3) is 11.0 Å². The molecule has 1 atom stereocenters. The highest BCUT2D eigenvalue weighted by Crippen LogP contribution is 2.32. The summed E-state index contributed by atoms with van der Waals surface area (Å²) < 4.78 is 5.97. The maximum absolute atomic E-state index is 6.34. The molecular weight excluding hydrogens is 254 g/mol. The predicted octanol–water partition coefficient (Wildman–Crippen LogP) is 4.27. The van der Waals surface area contributed by atoms with Crippen molar-refractivity contribution in [3.63, 3.8) is 0 Å². The van der Waals surface area contributed by atoms with Crippen molar-refractivity contribution in [3.8, 4) is 0 Å². The van der Waals surface area contributed by atoms with Gasteiger partial charge >= 0.3 is 0 Å². The van der Waals surface area contributed by atoms with Gasteiger partial charge in [-0.2, -0.15) is 11.8 Å². The highest BCUT2D eigenvalue weighted by Gasteiger charge is 2.20. The number of furan rings is 1. The van der Waals surface area contributed by atoms with Gasteiger partial charge in [0.2, 0.25) is 0 Å². The number of benzene rings is 1. The Hall–Kier alpha value is -0.930. The third-order valence-corrected chi connectivity index (χ3v) is 5.10. The Labute approximate surface area is 118 Å². The maximum Gasteiger partial charge on any atom is 0.137 e. The Kier molecular flexibility index (Phi) is 3.85. The second-order valence-corrected chi connectivity index (χ2v) is 6.76. The topological polar surface area (TPSA) is 39.2 Å². The van der Waals surface area contributed by atoms with E-state index in [1.54, 1.807) is 0 Å². The fourth-order valence-electron chi connectivity index (χ4n) is 2.87. The van der Waals surface area contributed by atoms with Crippen molar-refractivity contribution in [2.24, 2.45) is 11.7 Å². The molecule has 1 aromatic heterocycles. The first-order chi connectivity index (χ1) is 9.24. The molecule has 0 saturated carbocycles. The molecule has 1 fully saturated rings. The summed E-state index contributed by atoms with van der Waals surface area (Å²) in [4.78, 5) is 0. The number of aryl methyl sites for hydroxylation is 1. The summed E-state index contributed by atoms with van der Waals surface area (Å²) in [5.74, 6) is 4.29. The van der Waals surface area contributed by atoms with Gasteiger partial charge in [-0.3, -0.25) is 0 Å². The van der Waals surface area contributed by atoms with E-state index in [9.17, 15) is 0 Å². The van der Waals surface area contributed by atoms with Crippen LogP contribution in [-0.2, 0) is 0 Å². The fourth-order valence-corrected chi connectivity index (χ4v) is 4.07. The van der Waals surface area contributed by atoms with Gasteiger partial charge in [-0.1, -0.05) is 18.2 Å². The highest BCUT2D eigenvalue weighted by atomic mass is 32.2. The van der Waals surface area contributed by atoms with E-state index in [2.05, 4.69) is 43.0 Å². The van der Waals surface area contributed by atoms with Gasteiger partial charge in [0.05, 0.1) is 6.04 Å². The first-order valence-electron chi connectivity index (χ1n) is 7.06. The van der Waals surface area contributed by atoms with Gasteiger partial charge in [0.1, 0.15) is 11.3 Å². The number of para-hydroxylation sites is 1. The van der Waals surface area contributed by atoms with Gasteiger partial charge in [0.25, 0.3) is 0 Å². The molecule has 1 aromatic carbocycles. The maximum atomic E-state index is 6.34. The Morgan fingerprint density at radius 3 is 2.89 bits per heavy atom. The van der Waals surface area contributed by atoms with Crippen LogP contribution in [0.2, 0.25) is 0 Å². The van der Waals surface area contributed by atoms with Crippen molar-refractivity contribution in [1.29, 1.82) is 0 Å². The van der Waals surface area contributed by atoms with E-state index >= 15 is 0 Å². The smallest absolute Gasteiger partial charge is 0.137 e. The second kappa shape index (κ2) is 5.59. The molecule has 0 aliphatic carbocycles. The van der Waals surface area contributed by atoms with E-state index in [0.29, 0.717) is 0 Å². The lowest BCUT2D eigenvalue weighted by molar-refractivity contribution is 0.378. The largest absolute Gasteiger partial charge is 0.459 e. The minimum Gasteiger partial charge on any atom is -0.459 e. The molecule has 3 heteroatoms. The summed E-state index contributed by atoms with van der Waals surface area (Å²) in [5, 5.41) is 1.17. The molecule has 2 N–H and O–H groups in total. The van der Waals surface area contributed by atoms with Crippen LogP contribution in [0.5, 0.6) is 0 Å². The van der Waals surface area contributed by atoms with Crippen LogP contribution in [0.4, 0.5) is 0 Å². The molecule has 3 rings (SSSR count). The number of thioether (sulfide) groups is 1. The lowest BCUT2D eigenvalue weighted by atomic mass is 9.93. The number of nitrogens with two attached hydrogens (primary N) is 1. The molecule has 0 radical (unpaired) electrons. The lowest BCUT2D eigenvalue weighted by Gasteiger charge is -2.23. The van der Waals surface area contributed by atoms with Crippen molar-refractivity contribution in [1.82, 2.24) is 0 Å². The lowest BCUT2D eigenvalue weighted by Crippen LogP contribution is -2.18. The van der Waals surface area contributed by atoms with E-state index in [0.717, 1.165) is 23.7 Å². The number of hydrogen-bond acceptors (Lipinski definition) is 3. The van der Waals surface area contributed by atoms with Crippen molar-refractivity contribution < 1.29 is 4.42 Å². The molecule has 1 unspecified atom stereocenters. The van der Waals surface area contributed by atoms with Crippen molar-refractivity contribution >= 4 is 22.7 Å². The molecule has 2 aromatic rings. The van der Waals surface area contributed by atoms with Crippen molar-refractivity contribution in [3.05, 3.63) is 35.6 Å². The average Bonchev–Trinajstić information content (AvgIpc) is 2.85. The summed E-state index contributed by atoms with van der Waals surface area (Å²) in [5.41, 5.74) is 8.52. The Balaban J connectivity index is 1.77.